The van der Waals surface area contributed by atoms with Crippen LogP contribution in [-0.2, 0) is 4.79 Å². The highest BCUT2D eigenvalue weighted by Crippen LogP contribution is 2.16. The number of allylic oxidation sites excluding steroid dienone is 4. The molecule has 0 rings (SSSR count). The number of nitrogens with one attached hydrogen (secondary N) is 1. The molecule has 1 amide bonds. The van der Waals surface area contributed by atoms with Crippen LogP contribution in [0.3, 0.4) is 0 Å². The summed E-state index contributed by atoms with van der Waals surface area (Å²) >= 11 is 0. The minimum absolute atomic E-state index is 0.357. The number of amides is 1. The summed E-state index contributed by atoms with van der Waals surface area (Å²) in [5.41, 5.74) is 0. The van der Waals surface area contributed by atoms with Crippen molar-refractivity contribution in [2.75, 3.05) is 6.61 Å². The summed E-state index contributed by atoms with van der Waals surface area (Å²) < 4.78 is 0. The molecule has 0 fully saturated rings. The van der Waals surface area contributed by atoms with E-state index < -0.39 is 36.9 Å². The maximum Gasteiger partial charge on any atom is 0.249 e. The van der Waals surface area contributed by atoms with E-state index in [1.54, 1.807) is 0 Å². The van der Waals surface area contributed by atoms with Crippen molar-refractivity contribution >= 4 is 5.91 Å². The third-order valence-electron chi connectivity index (χ3n) is 11.1. The van der Waals surface area contributed by atoms with Crippen molar-refractivity contribution in [3.05, 3.63) is 24.3 Å². The van der Waals surface area contributed by atoms with Crippen LogP contribution in [0.25, 0.3) is 0 Å². The Bertz CT molecular complexity index is 817. The van der Waals surface area contributed by atoms with Gasteiger partial charge in [-0.25, -0.2) is 0 Å². The molecule has 4 atom stereocenters. The van der Waals surface area contributed by atoms with E-state index >= 15 is 0 Å². The molecular formula is C48H93NO5. The second kappa shape index (κ2) is 42.9. The van der Waals surface area contributed by atoms with Crippen molar-refractivity contribution in [1.82, 2.24) is 5.32 Å². The number of hydrogen-bond donors (Lipinski definition) is 5. The summed E-state index contributed by atoms with van der Waals surface area (Å²) in [5, 5.41) is 43.7. The predicted octanol–water partition coefficient (Wildman–Crippen LogP) is 12.7. The topological polar surface area (TPSA) is 110 Å². The normalized spacial score (nSPS) is 14.3. The summed E-state index contributed by atoms with van der Waals surface area (Å²) in [4.78, 5) is 12.5. The number of aliphatic hydroxyl groups excluding tert-OH is 4. The highest BCUT2D eigenvalue weighted by molar-refractivity contribution is 5.80. The molecule has 0 aromatic rings. The standard InChI is InChI=1S/C48H93NO5/c1-3-5-7-9-11-13-15-17-19-21-23-24-26-27-29-31-33-35-37-39-41-45(51)47(53)44(43-50)49-48(54)46(52)42-40-38-36-34-32-30-28-25-22-20-18-16-14-12-10-8-6-4-2/h22,25,33,35,44-47,50-53H,3-21,23-24,26-32,34,36-43H2,1-2H3,(H,49,54)/b25-22-,35-33+. The third-order valence-corrected chi connectivity index (χ3v) is 11.1. The fraction of sp³-hybridized carbons (Fsp3) is 0.896. The van der Waals surface area contributed by atoms with Crippen molar-refractivity contribution in [1.29, 1.82) is 0 Å². The van der Waals surface area contributed by atoms with Gasteiger partial charge in [0.15, 0.2) is 0 Å². The smallest absolute Gasteiger partial charge is 0.249 e. The lowest BCUT2D eigenvalue weighted by molar-refractivity contribution is -0.132. The van der Waals surface area contributed by atoms with Crippen LogP contribution in [0.1, 0.15) is 245 Å². The van der Waals surface area contributed by atoms with Crippen LogP contribution in [0.4, 0.5) is 0 Å². The van der Waals surface area contributed by atoms with Gasteiger partial charge in [0, 0.05) is 0 Å². The molecule has 0 spiro atoms. The molecule has 6 heteroatoms. The van der Waals surface area contributed by atoms with Crippen LogP contribution in [0, 0.1) is 0 Å². The molecule has 4 unspecified atom stereocenters. The van der Waals surface area contributed by atoms with Gasteiger partial charge in [-0.05, 0) is 64.2 Å². The van der Waals surface area contributed by atoms with E-state index in [1.807, 2.05) is 0 Å². The Balaban J connectivity index is 3.75. The van der Waals surface area contributed by atoms with E-state index in [-0.39, 0.29) is 0 Å². The number of hydrogen-bond acceptors (Lipinski definition) is 5. The molecule has 0 aromatic heterocycles. The summed E-state index contributed by atoms with van der Waals surface area (Å²) in [7, 11) is 0. The third kappa shape index (κ3) is 36.4. The lowest BCUT2D eigenvalue weighted by Crippen LogP contribution is -2.53. The zero-order valence-electron chi connectivity index (χ0n) is 36.0. The number of aliphatic hydroxyl groups is 4. The van der Waals surface area contributed by atoms with Crippen molar-refractivity contribution in [3.63, 3.8) is 0 Å². The van der Waals surface area contributed by atoms with Gasteiger partial charge in [-0.2, -0.15) is 0 Å². The Kier molecular flexibility index (Phi) is 42.0. The van der Waals surface area contributed by atoms with Gasteiger partial charge in [0.2, 0.25) is 5.91 Å². The molecule has 320 valence electrons. The quantitative estimate of drug-likeness (QED) is 0.0314. The van der Waals surface area contributed by atoms with Gasteiger partial charge < -0.3 is 25.7 Å². The first-order valence-electron chi connectivity index (χ1n) is 23.7. The van der Waals surface area contributed by atoms with Gasteiger partial charge in [-0.3, -0.25) is 4.79 Å². The van der Waals surface area contributed by atoms with Crippen molar-refractivity contribution < 1.29 is 25.2 Å². The summed E-state index contributed by atoms with van der Waals surface area (Å²) in [5.74, 6) is -0.596. The van der Waals surface area contributed by atoms with Gasteiger partial charge >= 0.3 is 0 Å². The highest BCUT2D eigenvalue weighted by Gasteiger charge is 2.28. The summed E-state index contributed by atoms with van der Waals surface area (Å²) in [6.45, 7) is 4.05. The molecular weight excluding hydrogens is 671 g/mol. The van der Waals surface area contributed by atoms with E-state index in [2.05, 4.69) is 43.5 Å². The maximum atomic E-state index is 12.5. The van der Waals surface area contributed by atoms with E-state index in [0.29, 0.717) is 12.8 Å². The van der Waals surface area contributed by atoms with Crippen LogP contribution in [0.5, 0.6) is 0 Å². The van der Waals surface area contributed by atoms with Crippen LogP contribution in [0.15, 0.2) is 24.3 Å². The monoisotopic (exact) mass is 764 g/mol. The lowest BCUT2D eigenvalue weighted by atomic mass is 10.00. The fourth-order valence-electron chi connectivity index (χ4n) is 7.34. The van der Waals surface area contributed by atoms with Gasteiger partial charge in [-0.1, -0.05) is 205 Å². The minimum atomic E-state index is -1.28. The Labute approximate surface area is 335 Å². The SMILES string of the molecule is CCCCCCCCCC/C=C\CCCCCCCCC(O)C(=O)NC(CO)C(O)C(O)CCC/C=C/CCCCCCCCCCCCCCCCC. The maximum absolute atomic E-state index is 12.5. The van der Waals surface area contributed by atoms with Crippen molar-refractivity contribution in [3.8, 4) is 0 Å². The molecule has 0 aliphatic heterocycles. The van der Waals surface area contributed by atoms with Gasteiger partial charge in [0.05, 0.1) is 18.8 Å². The molecule has 6 nitrogen and oxygen atoms in total. The molecule has 0 heterocycles. The number of rotatable bonds is 43. The number of carbonyl (C=O) groups excluding carboxylic acids is 1. The first kappa shape index (κ1) is 52.8. The number of carbonyl (C=O) groups is 1. The Morgan fingerprint density at radius 3 is 1.11 bits per heavy atom. The number of unbranched alkanes of at least 4 members (excludes halogenated alkanes) is 30. The van der Waals surface area contributed by atoms with Crippen molar-refractivity contribution in [2.24, 2.45) is 0 Å². The predicted molar refractivity (Wildman–Crippen MR) is 233 cm³/mol. The zero-order chi connectivity index (χ0) is 39.6. The average Bonchev–Trinajstić information content (AvgIpc) is 3.18. The van der Waals surface area contributed by atoms with Gasteiger partial charge in [0.1, 0.15) is 12.2 Å². The van der Waals surface area contributed by atoms with E-state index in [0.717, 1.165) is 44.9 Å². The van der Waals surface area contributed by atoms with Crippen LogP contribution < -0.4 is 5.32 Å². The Hall–Kier alpha value is -1.21. The molecule has 5 N–H and O–H groups in total. The molecule has 0 radical (unpaired) electrons. The molecule has 0 bridgehead atoms. The minimum Gasteiger partial charge on any atom is -0.394 e. The average molecular weight is 764 g/mol. The largest absolute Gasteiger partial charge is 0.394 e. The zero-order valence-corrected chi connectivity index (χ0v) is 36.0. The molecule has 0 aromatic carbocycles. The lowest BCUT2D eigenvalue weighted by Gasteiger charge is -2.27. The van der Waals surface area contributed by atoms with Gasteiger partial charge in [-0.15, -0.1) is 0 Å². The van der Waals surface area contributed by atoms with Crippen molar-refractivity contribution in [2.45, 2.75) is 269 Å². The second-order valence-corrected chi connectivity index (χ2v) is 16.4. The molecule has 0 aliphatic carbocycles. The molecule has 0 saturated heterocycles. The second-order valence-electron chi connectivity index (χ2n) is 16.4. The van der Waals surface area contributed by atoms with Crippen LogP contribution in [-0.4, -0.2) is 57.3 Å². The highest BCUT2D eigenvalue weighted by atomic mass is 16.3. The Morgan fingerprint density at radius 1 is 0.444 bits per heavy atom. The van der Waals surface area contributed by atoms with E-state index in [9.17, 15) is 25.2 Å². The van der Waals surface area contributed by atoms with Crippen LogP contribution >= 0.6 is 0 Å². The molecule has 0 saturated carbocycles. The summed E-state index contributed by atoms with van der Waals surface area (Å²) in [6.07, 6.45) is 49.3. The summed E-state index contributed by atoms with van der Waals surface area (Å²) in [6, 6.07) is -1.00. The first-order valence-corrected chi connectivity index (χ1v) is 23.7. The van der Waals surface area contributed by atoms with E-state index in [4.69, 9.17) is 0 Å². The van der Waals surface area contributed by atoms with Crippen LogP contribution in [0.2, 0.25) is 0 Å². The van der Waals surface area contributed by atoms with E-state index in [1.165, 1.54) is 173 Å². The Morgan fingerprint density at radius 2 is 0.759 bits per heavy atom. The fourth-order valence-corrected chi connectivity index (χ4v) is 7.34. The molecule has 0 aliphatic rings. The van der Waals surface area contributed by atoms with Gasteiger partial charge in [0.25, 0.3) is 0 Å². The first-order chi connectivity index (χ1) is 26.5. The molecule has 54 heavy (non-hydrogen) atoms.